The van der Waals surface area contributed by atoms with Crippen molar-refractivity contribution >= 4 is 5.78 Å². The van der Waals surface area contributed by atoms with Crippen LogP contribution in [0.3, 0.4) is 0 Å². The summed E-state index contributed by atoms with van der Waals surface area (Å²) in [5.74, 6) is -0.118. The Morgan fingerprint density at radius 1 is 0.867 bits per heavy atom. The first-order valence-electron chi connectivity index (χ1n) is 5.70. The maximum Gasteiger partial charge on any atom is 0.168 e. The van der Waals surface area contributed by atoms with E-state index < -0.39 is 11.4 Å². The molecule has 2 aliphatic heterocycles. The van der Waals surface area contributed by atoms with Gasteiger partial charge in [-0.05, 0) is 12.8 Å². The smallest absolute Gasteiger partial charge is 0.168 e. The van der Waals surface area contributed by atoms with Gasteiger partial charge < -0.3 is 14.2 Å². The zero-order valence-electron chi connectivity index (χ0n) is 8.79. The van der Waals surface area contributed by atoms with Crippen molar-refractivity contribution in [2.24, 2.45) is 0 Å². The first-order valence-corrected chi connectivity index (χ1v) is 5.70. The van der Waals surface area contributed by atoms with Crippen molar-refractivity contribution in [2.75, 3.05) is 19.8 Å². The number of rotatable bonds is 0. The third-order valence-corrected chi connectivity index (χ3v) is 3.85. The van der Waals surface area contributed by atoms with E-state index in [1.165, 1.54) is 0 Å². The molecule has 4 nitrogen and oxygen atoms in total. The van der Waals surface area contributed by atoms with Crippen molar-refractivity contribution < 1.29 is 19.0 Å². The van der Waals surface area contributed by atoms with E-state index in [1.807, 2.05) is 0 Å². The lowest BCUT2D eigenvalue weighted by atomic mass is 9.79. The van der Waals surface area contributed by atoms with Crippen molar-refractivity contribution in [2.45, 2.75) is 43.5 Å². The molecular formula is C11H16O4. The molecule has 84 valence electrons. The zero-order chi connectivity index (χ0) is 10.4. The highest BCUT2D eigenvalue weighted by Crippen LogP contribution is 2.44. The number of ketones is 1. The highest BCUT2D eigenvalue weighted by atomic mass is 16.7. The van der Waals surface area contributed by atoms with Crippen LogP contribution in [0.4, 0.5) is 0 Å². The molecule has 2 spiro atoms. The van der Waals surface area contributed by atoms with Crippen molar-refractivity contribution in [3.63, 3.8) is 0 Å². The summed E-state index contributed by atoms with van der Waals surface area (Å²) in [7, 11) is 0. The Balaban J connectivity index is 1.72. The molecule has 0 unspecified atom stereocenters. The number of carbonyl (C=O) groups is 1. The van der Waals surface area contributed by atoms with Crippen LogP contribution in [-0.4, -0.2) is 37.0 Å². The van der Waals surface area contributed by atoms with E-state index in [4.69, 9.17) is 14.2 Å². The van der Waals surface area contributed by atoms with Gasteiger partial charge in [0.1, 0.15) is 5.60 Å². The average molecular weight is 212 g/mol. The minimum absolute atomic E-state index is 0.273. The van der Waals surface area contributed by atoms with E-state index in [2.05, 4.69) is 0 Å². The Morgan fingerprint density at radius 3 is 2.07 bits per heavy atom. The lowest BCUT2D eigenvalue weighted by molar-refractivity contribution is -0.203. The fourth-order valence-electron chi connectivity index (χ4n) is 2.89. The van der Waals surface area contributed by atoms with Gasteiger partial charge in [-0.25, -0.2) is 0 Å². The van der Waals surface area contributed by atoms with Gasteiger partial charge in [-0.15, -0.1) is 0 Å². The molecular weight excluding hydrogens is 196 g/mol. The van der Waals surface area contributed by atoms with E-state index in [-0.39, 0.29) is 5.78 Å². The first-order chi connectivity index (χ1) is 7.25. The summed E-state index contributed by atoms with van der Waals surface area (Å²) >= 11 is 0. The second kappa shape index (κ2) is 3.27. The van der Waals surface area contributed by atoms with E-state index in [0.717, 1.165) is 25.7 Å². The Morgan fingerprint density at radius 2 is 1.53 bits per heavy atom. The molecule has 4 heteroatoms. The summed E-state index contributed by atoms with van der Waals surface area (Å²) in [6, 6.07) is 0. The van der Waals surface area contributed by atoms with Crippen LogP contribution in [0.5, 0.6) is 0 Å². The number of Topliss-reactive ketones (excluding diaryl/α,β-unsaturated/α-hetero) is 1. The fourth-order valence-corrected chi connectivity index (χ4v) is 2.89. The summed E-state index contributed by atoms with van der Waals surface area (Å²) in [6.07, 6.45) is 3.67. The van der Waals surface area contributed by atoms with E-state index >= 15 is 0 Å². The summed E-state index contributed by atoms with van der Waals surface area (Å²) in [5, 5.41) is 0. The van der Waals surface area contributed by atoms with E-state index in [1.54, 1.807) is 0 Å². The largest absolute Gasteiger partial charge is 0.367 e. The molecule has 0 aromatic rings. The van der Waals surface area contributed by atoms with Gasteiger partial charge in [-0.1, -0.05) is 0 Å². The van der Waals surface area contributed by atoms with Gasteiger partial charge in [0, 0.05) is 19.3 Å². The average Bonchev–Trinajstić information content (AvgIpc) is 2.82. The lowest BCUT2D eigenvalue weighted by Gasteiger charge is -2.39. The zero-order valence-corrected chi connectivity index (χ0v) is 8.79. The number of hydrogen-bond acceptors (Lipinski definition) is 4. The Bertz CT molecular complexity index is 270. The second-order valence-electron chi connectivity index (χ2n) is 4.62. The second-order valence-corrected chi connectivity index (χ2v) is 4.62. The molecule has 15 heavy (non-hydrogen) atoms. The van der Waals surface area contributed by atoms with E-state index in [9.17, 15) is 4.79 Å². The van der Waals surface area contributed by atoms with Crippen LogP contribution in [0, 0.1) is 0 Å². The van der Waals surface area contributed by atoms with Gasteiger partial charge in [-0.3, -0.25) is 4.79 Å². The van der Waals surface area contributed by atoms with E-state index in [0.29, 0.717) is 26.2 Å². The Labute approximate surface area is 88.9 Å². The molecule has 1 aliphatic carbocycles. The minimum atomic E-state index is -0.486. The van der Waals surface area contributed by atoms with Crippen LogP contribution in [0.1, 0.15) is 32.1 Å². The van der Waals surface area contributed by atoms with Crippen molar-refractivity contribution in [1.82, 2.24) is 0 Å². The first kappa shape index (κ1) is 9.75. The van der Waals surface area contributed by atoms with Crippen molar-refractivity contribution in [3.05, 3.63) is 0 Å². The van der Waals surface area contributed by atoms with Gasteiger partial charge in [-0.2, -0.15) is 0 Å². The Hall–Kier alpha value is -0.450. The molecule has 3 rings (SSSR count). The highest BCUT2D eigenvalue weighted by Gasteiger charge is 2.52. The molecule has 3 fully saturated rings. The molecule has 2 heterocycles. The maximum absolute atomic E-state index is 11.7. The van der Waals surface area contributed by atoms with Gasteiger partial charge in [0.15, 0.2) is 11.6 Å². The van der Waals surface area contributed by atoms with Crippen LogP contribution < -0.4 is 0 Å². The van der Waals surface area contributed by atoms with Gasteiger partial charge >= 0.3 is 0 Å². The quantitative estimate of drug-likeness (QED) is 0.601. The summed E-state index contributed by atoms with van der Waals surface area (Å²) in [6.45, 7) is 1.96. The van der Waals surface area contributed by atoms with Crippen LogP contribution in [0.25, 0.3) is 0 Å². The minimum Gasteiger partial charge on any atom is -0.367 e. The molecule has 0 atom stereocenters. The molecule has 0 radical (unpaired) electrons. The van der Waals surface area contributed by atoms with Crippen molar-refractivity contribution in [3.8, 4) is 0 Å². The normalized spacial score (nSPS) is 32.9. The van der Waals surface area contributed by atoms with Crippen molar-refractivity contribution in [1.29, 1.82) is 0 Å². The Kier molecular flexibility index (Phi) is 2.13. The van der Waals surface area contributed by atoms with Crippen LogP contribution in [0.15, 0.2) is 0 Å². The summed E-state index contributed by atoms with van der Waals surface area (Å²) < 4.78 is 16.9. The monoisotopic (exact) mass is 212 g/mol. The molecule has 0 bridgehead atoms. The molecule has 0 aromatic heterocycles. The van der Waals surface area contributed by atoms with Crippen LogP contribution >= 0.6 is 0 Å². The van der Waals surface area contributed by atoms with Gasteiger partial charge in [0.2, 0.25) is 0 Å². The maximum atomic E-state index is 11.7. The fraction of sp³-hybridized carbons (Fsp3) is 0.909. The lowest BCUT2D eigenvalue weighted by Crippen LogP contribution is -2.46. The van der Waals surface area contributed by atoms with Crippen LogP contribution in [0.2, 0.25) is 0 Å². The molecule has 0 amide bonds. The third kappa shape index (κ3) is 1.43. The van der Waals surface area contributed by atoms with Gasteiger partial charge in [0.05, 0.1) is 19.8 Å². The number of carbonyl (C=O) groups excluding carboxylic acids is 1. The topological polar surface area (TPSA) is 44.8 Å². The standard InChI is InChI=1S/C11H16O4/c12-9-1-6-13-10(9)2-4-11(5-3-10)14-7-8-15-11/h1-8H2. The predicted octanol–water partition coefficient (Wildman–Crippen LogP) is 1.03. The number of ether oxygens (including phenoxy) is 3. The highest BCUT2D eigenvalue weighted by molar-refractivity contribution is 5.89. The SMILES string of the molecule is O=C1CCOC12CCC1(CC2)OCCO1. The third-order valence-electron chi connectivity index (χ3n) is 3.85. The van der Waals surface area contributed by atoms with Gasteiger partial charge in [0.25, 0.3) is 0 Å². The summed E-state index contributed by atoms with van der Waals surface area (Å²) in [5.41, 5.74) is -0.486. The molecule has 0 aromatic carbocycles. The van der Waals surface area contributed by atoms with Crippen LogP contribution in [-0.2, 0) is 19.0 Å². The molecule has 0 N–H and O–H groups in total. The summed E-state index contributed by atoms with van der Waals surface area (Å²) in [4.78, 5) is 11.7. The predicted molar refractivity (Wildman–Crippen MR) is 51.4 cm³/mol. The number of hydrogen-bond donors (Lipinski definition) is 0. The molecule has 1 saturated carbocycles. The molecule has 2 saturated heterocycles. The molecule has 3 aliphatic rings.